The fourth-order valence-electron chi connectivity index (χ4n) is 2.45. The number of allylic oxidation sites excluding steroid dienone is 1. The van der Waals surface area contributed by atoms with Gasteiger partial charge in [0.05, 0.1) is 28.6 Å². The number of halogens is 2. The van der Waals surface area contributed by atoms with E-state index in [2.05, 4.69) is 11.2 Å². The summed E-state index contributed by atoms with van der Waals surface area (Å²) in [6.07, 6.45) is 1.88. The lowest BCUT2D eigenvalue weighted by atomic mass is 9.92. The van der Waals surface area contributed by atoms with Gasteiger partial charge in [-0.1, -0.05) is 23.7 Å². The van der Waals surface area contributed by atoms with Gasteiger partial charge in [-0.15, -0.1) is 12.4 Å². The van der Waals surface area contributed by atoms with Crippen molar-refractivity contribution in [3.8, 4) is 6.07 Å². The van der Waals surface area contributed by atoms with Crippen molar-refractivity contribution in [2.24, 2.45) is 10.8 Å². The molecule has 0 aromatic heterocycles. The van der Waals surface area contributed by atoms with Gasteiger partial charge in [-0.05, 0) is 32.1 Å². The zero-order chi connectivity index (χ0) is 15.9. The molecule has 0 atom stereocenters. The third-order valence-corrected chi connectivity index (χ3v) is 3.87. The van der Waals surface area contributed by atoms with Gasteiger partial charge in [0.1, 0.15) is 17.5 Å². The number of hydrogen-bond donors (Lipinski definition) is 1. The zero-order valence-electron chi connectivity index (χ0n) is 12.7. The Bertz CT molecular complexity index is 775. The summed E-state index contributed by atoms with van der Waals surface area (Å²) in [5.41, 5.74) is 8.14. The summed E-state index contributed by atoms with van der Waals surface area (Å²) < 4.78 is 5.74. The summed E-state index contributed by atoms with van der Waals surface area (Å²) in [5.74, 6) is 0.267. The molecule has 0 radical (unpaired) electrons. The third kappa shape index (κ3) is 3.06. The molecule has 1 aromatic carbocycles. The molecule has 0 saturated heterocycles. The number of nitrogens with two attached hydrogens (primary N) is 1. The Labute approximate surface area is 146 Å². The summed E-state index contributed by atoms with van der Waals surface area (Å²) >= 11 is 6.22. The van der Waals surface area contributed by atoms with Crippen LogP contribution >= 0.6 is 24.0 Å². The summed E-state index contributed by atoms with van der Waals surface area (Å²) in [6, 6.07) is 9.39. The first-order chi connectivity index (χ1) is 10.4. The highest BCUT2D eigenvalue weighted by molar-refractivity contribution is 6.33. The fraction of sp³-hybridized carbons (Fsp3) is 0.250. The van der Waals surface area contributed by atoms with Gasteiger partial charge in [0.15, 0.2) is 0 Å². The van der Waals surface area contributed by atoms with E-state index in [1.165, 1.54) is 5.01 Å². The first kappa shape index (κ1) is 17.4. The summed E-state index contributed by atoms with van der Waals surface area (Å²) in [7, 11) is 0. The largest absolute Gasteiger partial charge is 0.383 e. The number of nitrogens with zero attached hydrogens (tertiary/aromatic N) is 3. The Kier molecular flexibility index (Phi) is 4.71. The molecule has 7 heteroatoms. The number of hydrogen-bond acceptors (Lipinski definition) is 5. The maximum atomic E-state index is 9.52. The summed E-state index contributed by atoms with van der Waals surface area (Å²) in [6.45, 7) is 4.18. The van der Waals surface area contributed by atoms with Crippen LogP contribution in [0.25, 0.3) is 0 Å². The maximum absolute atomic E-state index is 9.52. The van der Waals surface area contributed by atoms with E-state index < -0.39 is 5.60 Å². The molecule has 0 saturated carbocycles. The third-order valence-electron chi connectivity index (χ3n) is 3.55. The van der Waals surface area contributed by atoms with Gasteiger partial charge in [0, 0.05) is 5.57 Å². The van der Waals surface area contributed by atoms with E-state index in [-0.39, 0.29) is 18.2 Å². The fourth-order valence-corrected chi connectivity index (χ4v) is 2.66. The Morgan fingerprint density at radius 2 is 2.09 bits per heavy atom. The second-order valence-electron chi connectivity index (χ2n) is 5.63. The lowest BCUT2D eigenvalue weighted by molar-refractivity contribution is 0.0409. The number of para-hydroxylation sites is 1. The number of ether oxygens (including phenoxy) is 1. The Hall–Kier alpha value is -2.00. The molecule has 0 aliphatic carbocycles. The van der Waals surface area contributed by atoms with E-state index >= 15 is 0 Å². The first-order valence-corrected chi connectivity index (χ1v) is 7.20. The molecule has 5 nitrogen and oxygen atoms in total. The highest BCUT2D eigenvalue weighted by Crippen LogP contribution is 2.35. The topological polar surface area (TPSA) is 74.6 Å². The average Bonchev–Trinajstić information content (AvgIpc) is 2.47. The minimum Gasteiger partial charge on any atom is -0.383 e. The minimum absolute atomic E-state index is 0. The molecule has 0 fully saturated rings. The molecular weight excluding hydrogens is 335 g/mol. The summed E-state index contributed by atoms with van der Waals surface area (Å²) in [5, 5.41) is 16.0. The monoisotopic (exact) mass is 350 g/mol. The number of rotatable bonds is 1. The second kappa shape index (κ2) is 6.25. The van der Waals surface area contributed by atoms with Gasteiger partial charge < -0.3 is 10.5 Å². The van der Waals surface area contributed by atoms with Crippen LogP contribution in [0.1, 0.15) is 13.8 Å². The van der Waals surface area contributed by atoms with Crippen molar-refractivity contribution >= 4 is 35.4 Å². The van der Waals surface area contributed by atoms with Gasteiger partial charge >= 0.3 is 0 Å². The molecule has 23 heavy (non-hydrogen) atoms. The Morgan fingerprint density at radius 3 is 2.74 bits per heavy atom. The molecular formula is C16H16Cl2N4O. The van der Waals surface area contributed by atoms with Crippen molar-refractivity contribution < 1.29 is 4.74 Å². The predicted octanol–water partition coefficient (Wildman–Crippen LogP) is 3.37. The highest BCUT2D eigenvalue weighted by atomic mass is 35.5. The average molecular weight is 351 g/mol. The van der Waals surface area contributed by atoms with Crippen LogP contribution in [-0.2, 0) is 4.74 Å². The van der Waals surface area contributed by atoms with E-state index in [0.717, 1.165) is 5.57 Å². The second-order valence-corrected chi connectivity index (χ2v) is 6.04. The van der Waals surface area contributed by atoms with Gasteiger partial charge in [-0.2, -0.15) is 10.4 Å². The van der Waals surface area contributed by atoms with E-state index in [4.69, 9.17) is 22.1 Å². The summed E-state index contributed by atoms with van der Waals surface area (Å²) in [4.78, 5) is 0. The number of fused-ring (bicyclic) bond motifs is 1. The maximum Gasteiger partial charge on any atom is 0.144 e. The number of nitriles is 1. The van der Waals surface area contributed by atoms with Crippen LogP contribution in [0.3, 0.4) is 0 Å². The van der Waals surface area contributed by atoms with Gasteiger partial charge in [-0.25, -0.2) is 5.01 Å². The van der Waals surface area contributed by atoms with Crippen LogP contribution in [0.15, 0.2) is 52.4 Å². The molecule has 2 heterocycles. The van der Waals surface area contributed by atoms with Crippen LogP contribution in [0.4, 0.5) is 5.69 Å². The quantitative estimate of drug-likeness (QED) is 0.842. The lowest BCUT2D eigenvalue weighted by Crippen LogP contribution is -2.39. The highest BCUT2D eigenvalue weighted by Gasteiger charge is 2.33. The standard InChI is InChI=1S/C16H15ClN4O.ClH/c1-16(2)7-10-11(8-18)15(19)21(20-13(10)9-22-16)14-6-4-3-5-12(14)17;/h3-7H,9,19H2,1-2H3;1H. The van der Waals surface area contributed by atoms with Crippen LogP contribution in [0.2, 0.25) is 5.02 Å². The molecule has 120 valence electrons. The SMILES string of the molecule is CC1(C)C=C2C(=NN(c3ccccc3Cl)C(N)=C2C#N)CO1.Cl. The van der Waals surface area contributed by atoms with Crippen LogP contribution in [0, 0.1) is 11.3 Å². The number of anilines is 1. The number of benzene rings is 1. The molecule has 1 aromatic rings. The normalized spacial score (nSPS) is 19.1. The van der Waals surface area contributed by atoms with Crippen LogP contribution < -0.4 is 10.7 Å². The van der Waals surface area contributed by atoms with Crippen molar-refractivity contribution in [2.45, 2.75) is 19.4 Å². The molecule has 0 unspecified atom stereocenters. The van der Waals surface area contributed by atoms with E-state index in [0.29, 0.717) is 28.6 Å². The van der Waals surface area contributed by atoms with Crippen molar-refractivity contribution in [1.29, 1.82) is 5.26 Å². The number of hydrazone groups is 1. The van der Waals surface area contributed by atoms with Crippen molar-refractivity contribution in [3.05, 3.63) is 52.3 Å². The van der Waals surface area contributed by atoms with Crippen molar-refractivity contribution in [3.63, 3.8) is 0 Å². The molecule has 0 spiro atoms. The minimum atomic E-state index is -0.455. The van der Waals surface area contributed by atoms with E-state index in [1.54, 1.807) is 12.1 Å². The molecule has 0 bridgehead atoms. The van der Waals surface area contributed by atoms with Crippen LogP contribution in [-0.4, -0.2) is 17.9 Å². The van der Waals surface area contributed by atoms with E-state index in [1.807, 2.05) is 32.1 Å². The van der Waals surface area contributed by atoms with Gasteiger partial charge in [0.2, 0.25) is 0 Å². The van der Waals surface area contributed by atoms with E-state index in [9.17, 15) is 5.26 Å². The van der Waals surface area contributed by atoms with Crippen molar-refractivity contribution in [2.75, 3.05) is 11.6 Å². The Morgan fingerprint density at radius 1 is 1.39 bits per heavy atom. The lowest BCUT2D eigenvalue weighted by Gasteiger charge is -2.34. The Balaban J connectivity index is 0.00000192. The zero-order valence-corrected chi connectivity index (χ0v) is 14.3. The smallest absolute Gasteiger partial charge is 0.144 e. The first-order valence-electron chi connectivity index (χ1n) is 6.82. The predicted molar refractivity (Wildman–Crippen MR) is 93.6 cm³/mol. The molecule has 3 rings (SSSR count). The molecule has 2 aliphatic heterocycles. The van der Waals surface area contributed by atoms with Crippen molar-refractivity contribution in [1.82, 2.24) is 0 Å². The molecule has 0 amide bonds. The van der Waals surface area contributed by atoms with Crippen LogP contribution in [0.5, 0.6) is 0 Å². The molecule has 2 aliphatic rings. The molecule has 2 N–H and O–H groups in total. The van der Waals surface area contributed by atoms with Gasteiger partial charge in [0.25, 0.3) is 0 Å². The van der Waals surface area contributed by atoms with Gasteiger partial charge in [-0.3, -0.25) is 0 Å².